The molecule has 0 radical (unpaired) electrons. The fraction of sp³-hybridized carbons (Fsp3) is 0.333. The smallest absolute Gasteiger partial charge is 0.241 e. The fourth-order valence-corrected chi connectivity index (χ4v) is 3.29. The fourth-order valence-electron chi connectivity index (χ4n) is 2.74. The van der Waals surface area contributed by atoms with Gasteiger partial charge in [-0.25, -0.2) is 0 Å². The number of rotatable bonds is 7. The number of amides is 2. The van der Waals surface area contributed by atoms with E-state index in [4.69, 9.17) is 0 Å². The third-order valence-electron chi connectivity index (χ3n) is 4.54. The van der Waals surface area contributed by atoms with Crippen LogP contribution in [0, 0.1) is 13.8 Å². The highest BCUT2D eigenvalue weighted by Gasteiger charge is 2.21. The van der Waals surface area contributed by atoms with Crippen molar-refractivity contribution in [1.29, 1.82) is 0 Å². The Balaban J connectivity index is 1.97. The van der Waals surface area contributed by atoms with Crippen molar-refractivity contribution in [3.8, 4) is 0 Å². The van der Waals surface area contributed by atoms with Gasteiger partial charge in [-0.05, 0) is 57.3 Å². The lowest BCUT2D eigenvalue weighted by molar-refractivity contribution is -0.122. The van der Waals surface area contributed by atoms with E-state index in [-0.39, 0.29) is 18.4 Å². The van der Waals surface area contributed by atoms with Crippen molar-refractivity contribution >= 4 is 35.0 Å². The second-order valence-electron chi connectivity index (χ2n) is 6.60. The summed E-state index contributed by atoms with van der Waals surface area (Å²) in [5.74, 6) is -0.280. The molecule has 0 saturated carbocycles. The monoisotopic (exact) mass is 385 g/mol. The summed E-state index contributed by atoms with van der Waals surface area (Å²) < 4.78 is 0. The van der Waals surface area contributed by atoms with Crippen molar-refractivity contribution in [2.75, 3.05) is 30.5 Å². The Kier molecular flexibility index (Phi) is 7.45. The summed E-state index contributed by atoms with van der Waals surface area (Å²) in [7, 11) is 1.77. The van der Waals surface area contributed by atoms with Crippen molar-refractivity contribution in [2.24, 2.45) is 0 Å². The summed E-state index contributed by atoms with van der Waals surface area (Å²) in [6.07, 6.45) is 1.97. The van der Waals surface area contributed by atoms with E-state index in [0.717, 1.165) is 27.4 Å². The SMILES string of the molecule is CSc1ccccc1NC(=O)CN(C)C(C)C(=O)Nc1c(C)cccc1C. The molecule has 0 aliphatic heterocycles. The van der Waals surface area contributed by atoms with Crippen molar-refractivity contribution < 1.29 is 9.59 Å². The van der Waals surface area contributed by atoms with E-state index < -0.39 is 6.04 Å². The zero-order valence-electron chi connectivity index (χ0n) is 16.5. The highest BCUT2D eigenvalue weighted by molar-refractivity contribution is 7.98. The lowest BCUT2D eigenvalue weighted by atomic mass is 10.1. The Bertz CT molecular complexity index is 803. The number of thioether (sulfide) groups is 1. The second kappa shape index (κ2) is 9.58. The Morgan fingerprint density at radius 2 is 1.67 bits per heavy atom. The number of carbonyl (C=O) groups is 2. The van der Waals surface area contributed by atoms with Gasteiger partial charge in [0.25, 0.3) is 0 Å². The van der Waals surface area contributed by atoms with Crippen LogP contribution in [0.5, 0.6) is 0 Å². The van der Waals surface area contributed by atoms with E-state index >= 15 is 0 Å². The lowest BCUT2D eigenvalue weighted by Crippen LogP contribution is -2.43. The Hall–Kier alpha value is -2.31. The minimum atomic E-state index is -0.439. The van der Waals surface area contributed by atoms with Crippen LogP contribution in [0.2, 0.25) is 0 Å². The number of carbonyl (C=O) groups excluding carboxylic acids is 2. The highest BCUT2D eigenvalue weighted by atomic mass is 32.2. The maximum Gasteiger partial charge on any atom is 0.241 e. The molecule has 2 N–H and O–H groups in total. The molecule has 27 heavy (non-hydrogen) atoms. The van der Waals surface area contributed by atoms with Crippen molar-refractivity contribution in [3.05, 3.63) is 53.6 Å². The van der Waals surface area contributed by atoms with E-state index in [1.807, 2.05) is 62.6 Å². The van der Waals surface area contributed by atoms with E-state index in [2.05, 4.69) is 10.6 Å². The van der Waals surface area contributed by atoms with Gasteiger partial charge in [0.2, 0.25) is 11.8 Å². The van der Waals surface area contributed by atoms with Crippen LogP contribution in [0.25, 0.3) is 0 Å². The van der Waals surface area contributed by atoms with Gasteiger partial charge in [-0.1, -0.05) is 30.3 Å². The van der Waals surface area contributed by atoms with Crippen molar-refractivity contribution in [2.45, 2.75) is 31.7 Å². The summed E-state index contributed by atoms with van der Waals surface area (Å²) in [4.78, 5) is 27.7. The van der Waals surface area contributed by atoms with Crippen LogP contribution in [0.15, 0.2) is 47.4 Å². The maximum atomic E-state index is 12.6. The van der Waals surface area contributed by atoms with Crippen LogP contribution in [0.3, 0.4) is 0 Å². The van der Waals surface area contributed by atoms with Gasteiger partial charge in [0.15, 0.2) is 0 Å². The quantitative estimate of drug-likeness (QED) is 0.709. The first-order chi connectivity index (χ1) is 12.8. The largest absolute Gasteiger partial charge is 0.324 e. The molecule has 2 aromatic rings. The Morgan fingerprint density at radius 3 is 2.30 bits per heavy atom. The molecule has 0 saturated heterocycles. The number of aryl methyl sites for hydroxylation is 2. The zero-order valence-corrected chi connectivity index (χ0v) is 17.3. The molecule has 0 aromatic heterocycles. The normalized spacial score (nSPS) is 11.9. The van der Waals surface area contributed by atoms with Gasteiger partial charge in [-0.15, -0.1) is 11.8 Å². The number of para-hydroxylation sites is 2. The molecule has 0 aliphatic carbocycles. The van der Waals surface area contributed by atoms with Crippen LogP contribution in [-0.4, -0.2) is 42.6 Å². The van der Waals surface area contributed by atoms with Gasteiger partial charge in [0.05, 0.1) is 18.3 Å². The molecule has 5 nitrogen and oxygen atoms in total. The van der Waals surface area contributed by atoms with Crippen LogP contribution < -0.4 is 10.6 Å². The molecule has 0 aliphatic rings. The van der Waals surface area contributed by atoms with Crippen molar-refractivity contribution in [1.82, 2.24) is 4.90 Å². The minimum absolute atomic E-state index is 0.129. The molecule has 0 bridgehead atoms. The Labute approximate surface area is 165 Å². The van der Waals surface area contributed by atoms with Gasteiger partial charge >= 0.3 is 0 Å². The molecule has 144 valence electrons. The summed E-state index contributed by atoms with van der Waals surface area (Å²) in [6.45, 7) is 5.86. The summed E-state index contributed by atoms with van der Waals surface area (Å²) in [5.41, 5.74) is 3.66. The molecular weight excluding hydrogens is 358 g/mol. The molecule has 0 spiro atoms. The topological polar surface area (TPSA) is 61.4 Å². The average Bonchev–Trinajstić information content (AvgIpc) is 2.64. The van der Waals surface area contributed by atoms with E-state index in [9.17, 15) is 9.59 Å². The first-order valence-corrected chi connectivity index (χ1v) is 10.1. The van der Waals surface area contributed by atoms with Gasteiger partial charge in [-0.2, -0.15) is 0 Å². The Morgan fingerprint density at radius 1 is 1.04 bits per heavy atom. The number of likely N-dealkylation sites (N-methyl/N-ethyl adjacent to an activating group) is 1. The standard InChI is InChI=1S/C21H27N3O2S/c1-14-9-8-10-15(2)20(14)23-21(26)16(3)24(4)13-19(25)22-17-11-6-7-12-18(17)27-5/h6-12,16H,13H2,1-5H3,(H,22,25)(H,23,26). The number of anilines is 2. The summed E-state index contributed by atoms with van der Waals surface area (Å²) in [6, 6.07) is 13.1. The van der Waals surface area contributed by atoms with Gasteiger partial charge in [-0.3, -0.25) is 14.5 Å². The second-order valence-corrected chi connectivity index (χ2v) is 7.44. The molecule has 2 aromatic carbocycles. The van der Waals surface area contributed by atoms with E-state index in [1.165, 1.54) is 0 Å². The molecule has 0 heterocycles. The van der Waals surface area contributed by atoms with Gasteiger partial charge < -0.3 is 10.6 Å². The molecular formula is C21H27N3O2S. The average molecular weight is 386 g/mol. The summed E-state index contributed by atoms with van der Waals surface area (Å²) in [5, 5.41) is 5.91. The van der Waals surface area contributed by atoms with E-state index in [0.29, 0.717) is 0 Å². The lowest BCUT2D eigenvalue weighted by Gasteiger charge is -2.24. The first kappa shape index (κ1) is 21.0. The predicted molar refractivity (Wildman–Crippen MR) is 113 cm³/mol. The van der Waals surface area contributed by atoms with Gasteiger partial charge in [0.1, 0.15) is 0 Å². The van der Waals surface area contributed by atoms with Crippen molar-refractivity contribution in [3.63, 3.8) is 0 Å². The number of hydrogen-bond donors (Lipinski definition) is 2. The minimum Gasteiger partial charge on any atom is -0.324 e. The molecule has 6 heteroatoms. The zero-order chi connectivity index (χ0) is 20.0. The molecule has 0 fully saturated rings. The summed E-state index contributed by atoms with van der Waals surface area (Å²) >= 11 is 1.58. The molecule has 1 unspecified atom stereocenters. The van der Waals surface area contributed by atoms with Crippen LogP contribution in [-0.2, 0) is 9.59 Å². The maximum absolute atomic E-state index is 12.6. The third kappa shape index (κ3) is 5.58. The number of nitrogens with zero attached hydrogens (tertiary/aromatic N) is 1. The van der Waals surface area contributed by atoms with Crippen LogP contribution in [0.1, 0.15) is 18.1 Å². The molecule has 2 amide bonds. The number of nitrogens with one attached hydrogen (secondary N) is 2. The number of hydrogen-bond acceptors (Lipinski definition) is 4. The number of benzene rings is 2. The van der Waals surface area contributed by atoms with Crippen LogP contribution in [0.4, 0.5) is 11.4 Å². The third-order valence-corrected chi connectivity index (χ3v) is 5.34. The molecule has 2 rings (SSSR count). The van der Waals surface area contributed by atoms with Crippen LogP contribution >= 0.6 is 11.8 Å². The predicted octanol–water partition coefficient (Wildman–Crippen LogP) is 3.92. The first-order valence-electron chi connectivity index (χ1n) is 8.83. The van der Waals surface area contributed by atoms with E-state index in [1.54, 1.807) is 30.6 Å². The van der Waals surface area contributed by atoms with Gasteiger partial charge in [0, 0.05) is 10.6 Å². The highest BCUT2D eigenvalue weighted by Crippen LogP contribution is 2.24. The molecule has 1 atom stereocenters.